The van der Waals surface area contributed by atoms with Crippen molar-refractivity contribution < 1.29 is 14.3 Å². The number of ether oxygens (including phenoxy) is 1. The van der Waals surface area contributed by atoms with Gasteiger partial charge in [-0.15, -0.1) is 0 Å². The van der Waals surface area contributed by atoms with Crippen LogP contribution in [0.4, 0.5) is 10.5 Å². The fourth-order valence-corrected chi connectivity index (χ4v) is 3.92. The first-order chi connectivity index (χ1) is 15.0. The number of halogens is 1. The smallest absolute Gasteiger partial charge is 0.410 e. The summed E-state index contributed by atoms with van der Waals surface area (Å²) in [6.07, 6.45) is 0.639. The molecule has 172 valence electrons. The molecular formula is C25H32ClN3O3. The molecule has 2 aromatic carbocycles. The Balaban J connectivity index is 1.68. The van der Waals surface area contributed by atoms with E-state index in [0.717, 1.165) is 36.3 Å². The van der Waals surface area contributed by atoms with Gasteiger partial charge in [0.25, 0.3) is 5.91 Å². The minimum Gasteiger partial charge on any atom is -0.444 e. The Hall–Kier alpha value is -2.73. The molecule has 32 heavy (non-hydrogen) atoms. The molecule has 6 nitrogen and oxygen atoms in total. The maximum absolute atomic E-state index is 12.4. The Labute approximate surface area is 195 Å². The molecule has 2 aromatic rings. The molecule has 0 saturated carbocycles. The minimum atomic E-state index is -0.486. The first-order valence-electron chi connectivity index (χ1n) is 10.9. The van der Waals surface area contributed by atoms with Crippen LogP contribution in [0.3, 0.4) is 0 Å². The van der Waals surface area contributed by atoms with Crippen LogP contribution in [0.2, 0.25) is 5.02 Å². The number of anilines is 1. The molecule has 0 radical (unpaired) electrons. The van der Waals surface area contributed by atoms with Crippen LogP contribution in [0.15, 0.2) is 42.5 Å². The van der Waals surface area contributed by atoms with Crippen LogP contribution in [0.25, 0.3) is 11.1 Å². The molecule has 1 saturated heterocycles. The maximum atomic E-state index is 12.4. The van der Waals surface area contributed by atoms with Gasteiger partial charge in [0.15, 0.2) is 0 Å². The molecule has 1 aliphatic heterocycles. The molecular weight excluding hydrogens is 426 g/mol. The number of carbonyl (C=O) groups excluding carboxylic acids is 2. The van der Waals surface area contributed by atoms with E-state index in [0.29, 0.717) is 23.7 Å². The van der Waals surface area contributed by atoms with Gasteiger partial charge in [0.05, 0.1) is 10.6 Å². The van der Waals surface area contributed by atoms with E-state index in [1.165, 1.54) is 4.90 Å². The lowest BCUT2D eigenvalue weighted by molar-refractivity contribution is 0.0263. The fraction of sp³-hybridized carbons (Fsp3) is 0.440. The lowest BCUT2D eigenvalue weighted by Crippen LogP contribution is -2.39. The molecule has 1 heterocycles. The van der Waals surface area contributed by atoms with Gasteiger partial charge < -0.3 is 19.4 Å². The third-order valence-electron chi connectivity index (χ3n) is 5.32. The van der Waals surface area contributed by atoms with Crippen molar-refractivity contribution in [2.75, 3.05) is 45.2 Å². The number of hydrogen-bond donors (Lipinski definition) is 0. The van der Waals surface area contributed by atoms with Crippen LogP contribution in [-0.4, -0.2) is 67.7 Å². The van der Waals surface area contributed by atoms with Crippen molar-refractivity contribution >= 4 is 29.3 Å². The van der Waals surface area contributed by atoms with Gasteiger partial charge in [-0.25, -0.2) is 4.79 Å². The summed E-state index contributed by atoms with van der Waals surface area (Å²) in [5.41, 5.74) is 3.12. The van der Waals surface area contributed by atoms with Gasteiger partial charge in [-0.2, -0.15) is 0 Å². The molecule has 0 atom stereocenters. The number of carbonyl (C=O) groups is 2. The van der Waals surface area contributed by atoms with E-state index in [4.69, 9.17) is 16.3 Å². The monoisotopic (exact) mass is 457 g/mol. The van der Waals surface area contributed by atoms with Gasteiger partial charge in [0.1, 0.15) is 5.60 Å². The van der Waals surface area contributed by atoms with Gasteiger partial charge in [-0.1, -0.05) is 29.8 Å². The highest BCUT2D eigenvalue weighted by Gasteiger charge is 2.24. The number of rotatable bonds is 3. The Morgan fingerprint density at radius 2 is 1.59 bits per heavy atom. The predicted molar refractivity (Wildman–Crippen MR) is 130 cm³/mol. The highest BCUT2D eigenvalue weighted by atomic mass is 35.5. The summed E-state index contributed by atoms with van der Waals surface area (Å²) in [6.45, 7) is 8.62. The van der Waals surface area contributed by atoms with E-state index in [1.54, 1.807) is 25.1 Å². The van der Waals surface area contributed by atoms with Crippen molar-refractivity contribution in [2.45, 2.75) is 32.8 Å². The summed E-state index contributed by atoms with van der Waals surface area (Å²) in [5.74, 6) is -0.113. The van der Waals surface area contributed by atoms with Crippen molar-refractivity contribution in [2.24, 2.45) is 0 Å². The predicted octanol–water partition coefficient (Wildman–Crippen LogP) is 5.16. The van der Waals surface area contributed by atoms with E-state index in [2.05, 4.69) is 29.2 Å². The minimum absolute atomic E-state index is 0.113. The van der Waals surface area contributed by atoms with Crippen molar-refractivity contribution in [3.05, 3.63) is 53.1 Å². The third-order valence-corrected chi connectivity index (χ3v) is 5.63. The van der Waals surface area contributed by atoms with Crippen LogP contribution in [0.5, 0.6) is 0 Å². The summed E-state index contributed by atoms with van der Waals surface area (Å²) in [5, 5.41) is 0.444. The van der Waals surface area contributed by atoms with Gasteiger partial charge in [-0.3, -0.25) is 4.79 Å². The summed E-state index contributed by atoms with van der Waals surface area (Å²) in [4.78, 5) is 30.2. The first-order valence-corrected chi connectivity index (χ1v) is 11.3. The molecule has 0 spiro atoms. The second kappa shape index (κ2) is 9.82. The highest BCUT2D eigenvalue weighted by molar-refractivity contribution is 6.34. The zero-order valence-electron chi connectivity index (χ0n) is 19.5. The molecule has 0 N–H and O–H groups in total. The maximum Gasteiger partial charge on any atom is 0.410 e. The van der Waals surface area contributed by atoms with Gasteiger partial charge in [0, 0.05) is 46.0 Å². The summed E-state index contributed by atoms with van der Waals surface area (Å²) in [7, 11) is 3.42. The van der Waals surface area contributed by atoms with Crippen LogP contribution in [0, 0.1) is 0 Å². The number of nitrogens with zero attached hydrogens (tertiary/aromatic N) is 3. The van der Waals surface area contributed by atoms with Crippen molar-refractivity contribution in [1.29, 1.82) is 0 Å². The molecule has 0 aromatic heterocycles. The largest absolute Gasteiger partial charge is 0.444 e. The van der Waals surface area contributed by atoms with E-state index in [9.17, 15) is 9.59 Å². The van der Waals surface area contributed by atoms with Crippen LogP contribution >= 0.6 is 11.6 Å². The molecule has 2 amide bonds. The summed E-state index contributed by atoms with van der Waals surface area (Å²) < 4.78 is 5.52. The molecule has 1 aliphatic rings. The average molecular weight is 458 g/mol. The first kappa shape index (κ1) is 23.9. The number of amides is 2. The fourth-order valence-electron chi connectivity index (χ4n) is 3.66. The zero-order chi connectivity index (χ0) is 23.5. The molecule has 1 fully saturated rings. The van der Waals surface area contributed by atoms with E-state index in [1.807, 2.05) is 32.9 Å². The van der Waals surface area contributed by atoms with Crippen LogP contribution in [0.1, 0.15) is 37.6 Å². The third kappa shape index (κ3) is 5.94. The topological polar surface area (TPSA) is 53.1 Å². The SMILES string of the molecule is CN(C)C(=O)c1ccc(-c2ccc(N3CCCN(C(=O)OC(C)(C)C)CC3)cc2)cc1Cl. The van der Waals surface area contributed by atoms with Crippen LogP contribution in [-0.2, 0) is 4.74 Å². The van der Waals surface area contributed by atoms with Gasteiger partial charge >= 0.3 is 6.09 Å². The van der Waals surface area contributed by atoms with Crippen molar-refractivity contribution in [3.8, 4) is 11.1 Å². The summed E-state index contributed by atoms with van der Waals surface area (Å²) in [6, 6.07) is 13.8. The number of benzene rings is 2. The Kier molecular flexibility index (Phi) is 7.34. The van der Waals surface area contributed by atoms with Gasteiger partial charge in [0.2, 0.25) is 0 Å². The normalized spacial score (nSPS) is 14.7. The number of hydrogen-bond acceptors (Lipinski definition) is 4. The lowest BCUT2D eigenvalue weighted by atomic mass is 10.0. The standard InChI is InChI=1S/C25H32ClN3O3/c1-25(2,3)32-24(31)29-14-6-13-28(15-16-29)20-10-7-18(8-11-20)19-9-12-21(22(26)17-19)23(30)27(4)5/h7-12,17H,6,13-16H2,1-5H3. The summed E-state index contributed by atoms with van der Waals surface area (Å²) >= 11 is 6.37. The second-order valence-electron chi connectivity index (χ2n) is 9.25. The Morgan fingerprint density at radius 3 is 2.19 bits per heavy atom. The quantitative estimate of drug-likeness (QED) is 0.639. The molecule has 0 bridgehead atoms. The van der Waals surface area contributed by atoms with E-state index >= 15 is 0 Å². The zero-order valence-corrected chi connectivity index (χ0v) is 20.3. The molecule has 0 unspecified atom stereocenters. The lowest BCUT2D eigenvalue weighted by Gasteiger charge is -2.27. The van der Waals surface area contributed by atoms with Crippen molar-refractivity contribution in [1.82, 2.24) is 9.80 Å². The average Bonchev–Trinajstić information content (AvgIpc) is 2.98. The van der Waals surface area contributed by atoms with Crippen molar-refractivity contribution in [3.63, 3.8) is 0 Å². The van der Waals surface area contributed by atoms with Gasteiger partial charge in [-0.05, 0) is 62.6 Å². The molecule has 3 rings (SSSR count). The Morgan fingerprint density at radius 1 is 0.938 bits per heavy atom. The molecule has 7 heteroatoms. The Bertz CT molecular complexity index is 967. The highest BCUT2D eigenvalue weighted by Crippen LogP contribution is 2.28. The van der Waals surface area contributed by atoms with Crippen LogP contribution < -0.4 is 4.90 Å². The molecule has 0 aliphatic carbocycles. The second-order valence-corrected chi connectivity index (χ2v) is 9.66. The van der Waals surface area contributed by atoms with E-state index < -0.39 is 5.60 Å². The van der Waals surface area contributed by atoms with E-state index in [-0.39, 0.29) is 12.0 Å².